The summed E-state index contributed by atoms with van der Waals surface area (Å²) < 4.78 is 4.87. The lowest BCUT2D eigenvalue weighted by molar-refractivity contribution is 0.390. The predicted molar refractivity (Wildman–Crippen MR) is 50.3 cm³/mol. The van der Waals surface area contributed by atoms with Crippen LogP contribution in [0.25, 0.3) is 0 Å². The fourth-order valence-electron chi connectivity index (χ4n) is 0.858. The van der Waals surface area contributed by atoms with Crippen LogP contribution >= 0.6 is 0 Å². The van der Waals surface area contributed by atoms with Crippen molar-refractivity contribution >= 4 is 0 Å². The summed E-state index contributed by atoms with van der Waals surface area (Å²) in [6.45, 7) is 5.61. The third-order valence-corrected chi connectivity index (χ3v) is 1.72. The molecule has 0 bridgehead atoms. The van der Waals surface area contributed by atoms with Crippen molar-refractivity contribution in [2.75, 3.05) is 7.11 Å². The summed E-state index contributed by atoms with van der Waals surface area (Å²) in [5.41, 5.74) is 7.35. The monoisotopic (exact) mass is 179 g/mol. The van der Waals surface area contributed by atoms with Crippen LogP contribution in [0.5, 0.6) is 5.88 Å². The zero-order valence-electron chi connectivity index (χ0n) is 7.82. The van der Waals surface area contributed by atoms with E-state index in [1.54, 1.807) is 19.2 Å². The second-order valence-corrected chi connectivity index (χ2v) is 2.82. The largest absolute Gasteiger partial charge is 0.480 e. The number of methoxy groups -OCH3 is 1. The van der Waals surface area contributed by atoms with E-state index in [2.05, 4.69) is 16.8 Å². The van der Waals surface area contributed by atoms with Crippen LogP contribution in [0.1, 0.15) is 18.7 Å². The molecule has 0 aromatic carbocycles. The molecule has 1 unspecified atom stereocenters. The Morgan fingerprint density at radius 2 is 2.23 bits per heavy atom. The highest BCUT2D eigenvalue weighted by Gasteiger charge is 2.08. The third-order valence-electron chi connectivity index (χ3n) is 1.72. The van der Waals surface area contributed by atoms with Gasteiger partial charge in [-0.25, -0.2) is 0 Å². The van der Waals surface area contributed by atoms with Gasteiger partial charge in [0.25, 0.3) is 0 Å². The first-order chi connectivity index (χ1) is 6.15. The lowest BCUT2D eigenvalue weighted by Crippen LogP contribution is -2.13. The Balaban J connectivity index is 2.85. The molecule has 2 N–H and O–H groups in total. The lowest BCUT2D eigenvalue weighted by atomic mass is 10.1. The van der Waals surface area contributed by atoms with Gasteiger partial charge in [0.05, 0.1) is 18.8 Å². The molecule has 0 radical (unpaired) electrons. The van der Waals surface area contributed by atoms with E-state index in [1.807, 2.05) is 6.92 Å². The molecule has 1 heterocycles. The number of hydrogen-bond donors (Lipinski definition) is 1. The summed E-state index contributed by atoms with van der Waals surface area (Å²) in [5.74, 6) is 0.484. The van der Waals surface area contributed by atoms with Crippen molar-refractivity contribution in [3.05, 3.63) is 30.0 Å². The molecule has 1 aromatic rings. The zero-order chi connectivity index (χ0) is 9.84. The first kappa shape index (κ1) is 9.67. The smallest absolute Gasteiger partial charge is 0.233 e. The lowest BCUT2D eigenvalue weighted by Gasteiger charge is -2.09. The first-order valence-electron chi connectivity index (χ1n) is 3.93. The molecule has 4 nitrogen and oxygen atoms in total. The topological polar surface area (TPSA) is 61.0 Å². The number of aromatic nitrogens is 2. The Bertz CT molecular complexity index is 294. The fraction of sp³-hybridized carbons (Fsp3) is 0.333. The van der Waals surface area contributed by atoms with Crippen molar-refractivity contribution in [2.24, 2.45) is 5.73 Å². The highest BCUT2D eigenvalue weighted by atomic mass is 16.5. The van der Waals surface area contributed by atoms with Crippen molar-refractivity contribution in [2.45, 2.75) is 13.0 Å². The van der Waals surface area contributed by atoms with Gasteiger partial charge in [-0.15, -0.1) is 10.2 Å². The van der Waals surface area contributed by atoms with Gasteiger partial charge in [0.2, 0.25) is 5.88 Å². The molecule has 13 heavy (non-hydrogen) atoms. The molecular formula is C9H13N3O. The first-order valence-corrected chi connectivity index (χ1v) is 3.93. The highest BCUT2D eigenvalue weighted by Crippen LogP contribution is 2.15. The number of nitrogens with two attached hydrogens (primary N) is 1. The molecule has 0 saturated heterocycles. The molecule has 0 amide bonds. The van der Waals surface area contributed by atoms with Gasteiger partial charge in [0.15, 0.2) is 0 Å². The van der Waals surface area contributed by atoms with E-state index in [0.29, 0.717) is 11.6 Å². The Hall–Kier alpha value is -1.42. The molecule has 1 atom stereocenters. The van der Waals surface area contributed by atoms with Crippen molar-refractivity contribution in [1.29, 1.82) is 0 Å². The van der Waals surface area contributed by atoms with Crippen LogP contribution in [-0.4, -0.2) is 17.3 Å². The van der Waals surface area contributed by atoms with E-state index in [9.17, 15) is 0 Å². The van der Waals surface area contributed by atoms with Gasteiger partial charge in [0.1, 0.15) is 0 Å². The van der Waals surface area contributed by atoms with E-state index in [4.69, 9.17) is 10.5 Å². The summed E-state index contributed by atoms with van der Waals surface area (Å²) in [7, 11) is 1.54. The fourth-order valence-corrected chi connectivity index (χ4v) is 0.858. The van der Waals surface area contributed by atoms with Gasteiger partial charge in [-0.05, 0) is 13.0 Å². The predicted octanol–water partition coefficient (Wildman–Crippen LogP) is 1.06. The van der Waals surface area contributed by atoms with Crippen LogP contribution in [0.15, 0.2) is 24.3 Å². The summed E-state index contributed by atoms with van der Waals surface area (Å²) in [6, 6.07) is 3.26. The van der Waals surface area contributed by atoms with Crippen LogP contribution in [0.3, 0.4) is 0 Å². The van der Waals surface area contributed by atoms with Crippen molar-refractivity contribution in [3.63, 3.8) is 0 Å². The molecule has 0 fully saturated rings. The molecule has 70 valence electrons. The SMILES string of the molecule is C=C(C)C(N)c1ccc(OC)nn1. The summed E-state index contributed by atoms with van der Waals surface area (Å²) in [4.78, 5) is 0. The van der Waals surface area contributed by atoms with Crippen LogP contribution < -0.4 is 10.5 Å². The normalized spacial score (nSPS) is 12.2. The number of rotatable bonds is 3. The van der Waals surface area contributed by atoms with Crippen molar-refractivity contribution < 1.29 is 4.74 Å². The molecule has 0 aliphatic carbocycles. The average molecular weight is 179 g/mol. The van der Waals surface area contributed by atoms with E-state index in [1.165, 1.54) is 0 Å². The van der Waals surface area contributed by atoms with Gasteiger partial charge in [-0.3, -0.25) is 0 Å². The molecule has 1 aromatic heterocycles. The van der Waals surface area contributed by atoms with Crippen LogP contribution in [0, 0.1) is 0 Å². The molecular weight excluding hydrogens is 166 g/mol. The molecule has 4 heteroatoms. The summed E-state index contributed by atoms with van der Waals surface area (Å²) in [5, 5.41) is 7.72. The number of nitrogens with zero attached hydrogens (tertiary/aromatic N) is 2. The Morgan fingerprint density at radius 3 is 2.62 bits per heavy atom. The van der Waals surface area contributed by atoms with E-state index in [0.717, 1.165) is 5.57 Å². The van der Waals surface area contributed by atoms with E-state index >= 15 is 0 Å². The van der Waals surface area contributed by atoms with Gasteiger partial charge in [0, 0.05) is 6.07 Å². The van der Waals surface area contributed by atoms with Gasteiger partial charge < -0.3 is 10.5 Å². The van der Waals surface area contributed by atoms with Crippen LogP contribution in [0.2, 0.25) is 0 Å². The Labute approximate surface area is 77.4 Å². The van der Waals surface area contributed by atoms with E-state index < -0.39 is 0 Å². The van der Waals surface area contributed by atoms with Gasteiger partial charge >= 0.3 is 0 Å². The minimum absolute atomic E-state index is 0.251. The Kier molecular flexibility index (Phi) is 2.97. The summed E-state index contributed by atoms with van der Waals surface area (Å²) in [6.07, 6.45) is 0. The second-order valence-electron chi connectivity index (χ2n) is 2.82. The quantitative estimate of drug-likeness (QED) is 0.705. The molecule has 0 saturated carbocycles. The molecule has 0 aliphatic heterocycles. The molecule has 0 aliphatic rings. The zero-order valence-corrected chi connectivity index (χ0v) is 7.82. The van der Waals surface area contributed by atoms with Crippen molar-refractivity contribution in [3.8, 4) is 5.88 Å². The minimum Gasteiger partial charge on any atom is -0.480 e. The van der Waals surface area contributed by atoms with Gasteiger partial charge in [-0.2, -0.15) is 0 Å². The second kappa shape index (κ2) is 4.00. The van der Waals surface area contributed by atoms with Crippen LogP contribution in [0.4, 0.5) is 0 Å². The Morgan fingerprint density at radius 1 is 1.54 bits per heavy atom. The minimum atomic E-state index is -0.251. The van der Waals surface area contributed by atoms with E-state index in [-0.39, 0.29) is 6.04 Å². The van der Waals surface area contributed by atoms with Gasteiger partial charge in [-0.1, -0.05) is 12.2 Å². The number of ether oxygens (including phenoxy) is 1. The maximum Gasteiger partial charge on any atom is 0.233 e. The standard InChI is InChI=1S/C9H13N3O/c1-6(2)9(10)7-4-5-8(13-3)12-11-7/h4-5,9H,1,10H2,2-3H3. The maximum atomic E-state index is 5.79. The van der Waals surface area contributed by atoms with Crippen LogP contribution in [-0.2, 0) is 0 Å². The molecule has 0 spiro atoms. The average Bonchev–Trinajstić information content (AvgIpc) is 2.17. The molecule has 1 rings (SSSR count). The van der Waals surface area contributed by atoms with Crippen molar-refractivity contribution in [1.82, 2.24) is 10.2 Å². The third kappa shape index (κ3) is 2.26. The maximum absolute atomic E-state index is 5.79. The highest BCUT2D eigenvalue weighted by molar-refractivity contribution is 5.19. The number of hydrogen-bond acceptors (Lipinski definition) is 4. The summed E-state index contributed by atoms with van der Waals surface area (Å²) >= 11 is 0.